The van der Waals surface area contributed by atoms with Crippen LogP contribution in [0.4, 0.5) is 0 Å². The summed E-state index contributed by atoms with van der Waals surface area (Å²) in [7, 11) is 0. The Labute approximate surface area is 306 Å². The second-order valence-corrected chi connectivity index (χ2v) is 10.7. The Hall–Kier alpha value is -3.12. The second-order valence-electron chi connectivity index (χ2n) is 10.7. The van der Waals surface area contributed by atoms with Gasteiger partial charge < -0.3 is 40.4 Å². The van der Waals surface area contributed by atoms with Crippen molar-refractivity contribution in [2.24, 2.45) is 0 Å². The van der Waals surface area contributed by atoms with Gasteiger partial charge in [0.1, 0.15) is 0 Å². The number of rotatable bonds is 12. The third-order valence-electron chi connectivity index (χ3n) is 8.09. The summed E-state index contributed by atoms with van der Waals surface area (Å²) in [6, 6.07) is 0. The first-order valence-electron chi connectivity index (χ1n) is 13.9. The van der Waals surface area contributed by atoms with E-state index in [2.05, 4.69) is 33.8 Å². The van der Waals surface area contributed by atoms with Crippen LogP contribution in [-0.4, -0.2) is 33.7 Å². The topological polar surface area (TPSA) is 170 Å². The fourth-order valence-corrected chi connectivity index (χ4v) is 5.60. The van der Waals surface area contributed by atoms with Crippen LogP contribution >= 0.6 is 0 Å². The van der Waals surface area contributed by atoms with Gasteiger partial charge in [-0.25, -0.2) is 0 Å². The van der Waals surface area contributed by atoms with Crippen LogP contribution in [0.1, 0.15) is 71.7 Å². The zero-order valence-electron chi connectivity index (χ0n) is 26.7. The van der Waals surface area contributed by atoms with E-state index in [0.717, 1.165) is 39.2 Å². The molecular weight excluding hydrogens is 594 g/mol. The van der Waals surface area contributed by atoms with Crippen molar-refractivity contribution in [2.45, 2.75) is 59.8 Å². The quantitative estimate of drug-likeness (QED) is 0.174. The molecule has 224 valence electrons. The van der Waals surface area contributed by atoms with Gasteiger partial charge in [0, 0.05) is 63.6 Å². The number of aromatic amines is 2. The van der Waals surface area contributed by atoms with Gasteiger partial charge in [-0.2, -0.15) is 0 Å². The molecule has 10 nitrogen and oxygen atoms in total. The number of H-pyrrole nitrogens is 2. The molecule has 0 unspecified atom stereocenters. The molecule has 0 bridgehead atoms. The number of allylic oxidation sites excluding steroid dienone is 2. The van der Waals surface area contributed by atoms with Gasteiger partial charge >= 0.3 is 59.1 Å². The van der Waals surface area contributed by atoms with Crippen molar-refractivity contribution in [1.82, 2.24) is 20.6 Å². The molecule has 45 heavy (non-hydrogen) atoms. The molecule has 2 aliphatic rings. The van der Waals surface area contributed by atoms with E-state index in [1.165, 1.54) is 6.08 Å². The molecule has 0 atom stereocenters. The number of hydrogen-bond acceptors (Lipinski definition) is 6. The predicted octanol–water partition coefficient (Wildman–Crippen LogP) is -4.13. The molecule has 0 radical (unpaired) electrons. The first-order chi connectivity index (χ1) is 20.4. The third-order valence-corrected chi connectivity index (χ3v) is 8.09. The summed E-state index contributed by atoms with van der Waals surface area (Å²) in [4.78, 5) is 54.2. The van der Waals surface area contributed by atoms with E-state index in [0.29, 0.717) is 45.9 Å². The largest absolute Gasteiger partial charge is 1.00 e. The molecule has 0 spiro atoms. The van der Waals surface area contributed by atoms with Gasteiger partial charge in [-0.15, -0.1) is 0 Å². The zero-order chi connectivity index (χ0) is 31.6. The summed E-state index contributed by atoms with van der Waals surface area (Å²) < 4.78 is 0. The van der Waals surface area contributed by atoms with Crippen molar-refractivity contribution >= 4 is 35.9 Å². The van der Waals surface area contributed by atoms with Crippen LogP contribution in [0.15, 0.2) is 59.0 Å². The molecule has 2 amide bonds. The summed E-state index contributed by atoms with van der Waals surface area (Å²) in [5.74, 6) is -2.82. The second kappa shape index (κ2) is 15.9. The molecule has 0 aliphatic carbocycles. The Morgan fingerprint density at radius 1 is 0.689 bits per heavy atom. The minimum absolute atomic E-state index is 0. The van der Waals surface area contributed by atoms with Gasteiger partial charge in [0.15, 0.2) is 0 Å². The number of hydrogen-bond donors (Lipinski definition) is 4. The minimum Gasteiger partial charge on any atom is -0.550 e. The van der Waals surface area contributed by atoms with Crippen LogP contribution in [0.5, 0.6) is 0 Å². The fourth-order valence-electron chi connectivity index (χ4n) is 5.60. The number of nitrogens with one attached hydrogen (secondary N) is 4. The molecule has 0 saturated carbocycles. The van der Waals surface area contributed by atoms with Crippen molar-refractivity contribution in [1.29, 1.82) is 0 Å². The Kier molecular flexibility index (Phi) is 13.5. The van der Waals surface area contributed by atoms with E-state index < -0.39 is 11.9 Å². The molecule has 2 aromatic heterocycles. The normalized spacial score (nSPS) is 16.1. The monoisotopic (exact) mass is 628 g/mol. The number of carbonyl (C=O) groups excluding carboxylic acids is 4. The SMILES string of the molecule is C=CC1=C(C)C(=Cc2[nH]c(Cc3[nH]c(C=C4NC(=O)C(C)=C4C=C)c(C)c3CCC(=O)[O-])c(CCC(=O)[O-])c2C)NC1=O.[Na+].[Na+]. The first-order valence-corrected chi connectivity index (χ1v) is 13.9. The number of carboxylic acid groups (broad SMARTS) is 2. The average Bonchev–Trinajstić information content (AvgIpc) is 3.59. The van der Waals surface area contributed by atoms with Crippen LogP contribution in [0.25, 0.3) is 12.2 Å². The summed E-state index contributed by atoms with van der Waals surface area (Å²) in [6.45, 7) is 14.8. The van der Waals surface area contributed by atoms with Gasteiger partial charge in [-0.1, -0.05) is 25.3 Å². The molecular formula is C33H34N4Na2O6. The van der Waals surface area contributed by atoms with Crippen molar-refractivity contribution in [2.75, 3.05) is 0 Å². The first kappa shape index (κ1) is 38.1. The maximum Gasteiger partial charge on any atom is 1.00 e. The van der Waals surface area contributed by atoms with Crippen LogP contribution in [0, 0.1) is 13.8 Å². The molecule has 2 aliphatic heterocycles. The van der Waals surface area contributed by atoms with Crippen LogP contribution < -0.4 is 80.0 Å². The van der Waals surface area contributed by atoms with Gasteiger partial charge in [-0.3, -0.25) is 9.59 Å². The van der Waals surface area contributed by atoms with E-state index in [9.17, 15) is 29.4 Å². The maximum absolute atomic E-state index is 12.3. The molecule has 0 fully saturated rings. The summed E-state index contributed by atoms with van der Waals surface area (Å²) in [5, 5.41) is 28.5. The van der Waals surface area contributed by atoms with E-state index in [1.54, 1.807) is 19.1 Å². The van der Waals surface area contributed by atoms with Gasteiger partial charge in [0.25, 0.3) is 11.8 Å². The number of carbonyl (C=O) groups is 4. The molecule has 4 rings (SSSR count). The van der Waals surface area contributed by atoms with Crippen LogP contribution in [0.2, 0.25) is 0 Å². The Morgan fingerprint density at radius 3 is 1.56 bits per heavy atom. The Balaban J connectivity index is 0.00000353. The number of aliphatic carboxylic acids is 2. The molecule has 0 saturated heterocycles. The molecule has 4 heterocycles. The van der Waals surface area contributed by atoms with E-state index in [-0.39, 0.29) is 96.6 Å². The standard InChI is InChI=1S/C33H36N4O6.2Na/c1-7-20-19(6)32(42)37-27(20)14-25-18(5)23(10-12-31(40)41)29(35-25)15-28-22(9-11-30(38)39)17(4)24(34-28)13-26-16(3)21(8-2)33(43)36-26;;/h7-8,13-14,34-35H,1-2,9-12,15H2,3-6H3,(H,36,43)(H,37,42)(H,38,39)(H,40,41);;/q;2*+1/p-2. The average molecular weight is 629 g/mol. The van der Waals surface area contributed by atoms with Gasteiger partial charge in [-0.05, 0) is 93.4 Å². The Morgan fingerprint density at radius 2 is 1.13 bits per heavy atom. The smallest absolute Gasteiger partial charge is 0.550 e. The fraction of sp³-hybridized carbons (Fsp3) is 0.273. The summed E-state index contributed by atoms with van der Waals surface area (Å²) >= 11 is 0. The van der Waals surface area contributed by atoms with Crippen LogP contribution in [0.3, 0.4) is 0 Å². The van der Waals surface area contributed by atoms with Crippen molar-refractivity contribution < 1.29 is 88.5 Å². The third kappa shape index (κ3) is 8.19. The zero-order valence-corrected chi connectivity index (χ0v) is 30.7. The van der Waals surface area contributed by atoms with E-state index in [4.69, 9.17) is 0 Å². The van der Waals surface area contributed by atoms with Gasteiger partial charge in [0.05, 0.1) is 5.70 Å². The molecule has 0 aromatic carbocycles. The number of amides is 2. The number of aromatic nitrogens is 2. The molecule has 12 heteroatoms. The van der Waals surface area contributed by atoms with Crippen molar-refractivity contribution in [3.8, 4) is 0 Å². The number of carboxylic acids is 2. The van der Waals surface area contributed by atoms with Crippen LogP contribution in [-0.2, 0) is 38.4 Å². The van der Waals surface area contributed by atoms with Crippen molar-refractivity contribution in [3.63, 3.8) is 0 Å². The maximum atomic E-state index is 12.3. The minimum atomic E-state index is -1.18. The van der Waals surface area contributed by atoms with Gasteiger partial charge in [0.2, 0.25) is 0 Å². The summed E-state index contributed by atoms with van der Waals surface area (Å²) in [5.41, 5.74) is 9.76. The van der Waals surface area contributed by atoms with E-state index >= 15 is 0 Å². The molecule has 2 aromatic rings. The van der Waals surface area contributed by atoms with E-state index in [1.807, 2.05) is 26.8 Å². The Bertz CT molecular complexity index is 1720. The van der Waals surface area contributed by atoms with Crippen molar-refractivity contribution in [3.05, 3.63) is 104 Å². The predicted molar refractivity (Wildman–Crippen MR) is 159 cm³/mol. The molecule has 4 N–H and O–H groups in total. The summed E-state index contributed by atoms with van der Waals surface area (Å²) in [6.07, 6.45) is 7.09.